The fourth-order valence-electron chi connectivity index (χ4n) is 2.30. The monoisotopic (exact) mass is 345 g/mol. The van der Waals surface area contributed by atoms with E-state index in [1.165, 1.54) is 7.11 Å². The average molecular weight is 345 g/mol. The van der Waals surface area contributed by atoms with Gasteiger partial charge in [-0.2, -0.15) is 13.2 Å². The Bertz CT molecular complexity index is 596. The molecule has 0 aliphatic heterocycles. The predicted molar refractivity (Wildman–Crippen MR) is 77.7 cm³/mol. The molecular formula is C16H18F3NO4. The van der Waals surface area contributed by atoms with E-state index in [4.69, 9.17) is 0 Å². The van der Waals surface area contributed by atoms with Gasteiger partial charge in [0.05, 0.1) is 12.7 Å². The number of hydrogen-bond donors (Lipinski definition) is 2. The average Bonchev–Trinajstić information content (AvgIpc) is 3.36. The second-order valence-corrected chi connectivity index (χ2v) is 5.79. The highest BCUT2D eigenvalue weighted by Gasteiger charge is 2.33. The lowest BCUT2D eigenvalue weighted by molar-refractivity contribution is -0.146. The third-order valence-corrected chi connectivity index (χ3v) is 3.87. The van der Waals surface area contributed by atoms with Crippen molar-refractivity contribution in [3.05, 3.63) is 35.4 Å². The van der Waals surface area contributed by atoms with Crippen LogP contribution >= 0.6 is 0 Å². The van der Waals surface area contributed by atoms with Gasteiger partial charge in [-0.15, -0.1) is 0 Å². The second-order valence-electron chi connectivity index (χ2n) is 5.79. The number of esters is 1. The van der Waals surface area contributed by atoms with Crippen LogP contribution in [0.4, 0.5) is 13.2 Å². The second kappa shape index (κ2) is 7.21. The summed E-state index contributed by atoms with van der Waals surface area (Å²) < 4.78 is 42.2. The lowest BCUT2D eigenvalue weighted by atomic mass is 10.0. The number of nitrogens with one attached hydrogen (secondary N) is 1. The molecule has 0 heterocycles. The van der Waals surface area contributed by atoms with E-state index in [0.29, 0.717) is 12.3 Å². The van der Waals surface area contributed by atoms with Crippen molar-refractivity contribution in [2.45, 2.75) is 37.6 Å². The minimum atomic E-state index is -4.49. The van der Waals surface area contributed by atoms with Gasteiger partial charge in [-0.05, 0) is 30.0 Å². The van der Waals surface area contributed by atoms with Gasteiger partial charge < -0.3 is 15.2 Å². The number of aliphatic hydroxyl groups is 1. The van der Waals surface area contributed by atoms with Gasteiger partial charge in [0.1, 0.15) is 6.04 Å². The van der Waals surface area contributed by atoms with Gasteiger partial charge in [-0.3, -0.25) is 4.79 Å². The van der Waals surface area contributed by atoms with Crippen molar-refractivity contribution >= 4 is 11.9 Å². The number of aliphatic hydroxyl groups excluding tert-OH is 1. The number of amides is 1. The van der Waals surface area contributed by atoms with Gasteiger partial charge in [-0.1, -0.05) is 25.0 Å². The molecule has 0 saturated heterocycles. The Hall–Kier alpha value is -2.09. The highest BCUT2D eigenvalue weighted by molar-refractivity contribution is 5.87. The minimum absolute atomic E-state index is 0.00976. The Labute approximate surface area is 136 Å². The summed E-state index contributed by atoms with van der Waals surface area (Å²) >= 11 is 0. The molecule has 1 aliphatic carbocycles. The van der Waals surface area contributed by atoms with Crippen molar-refractivity contribution in [2.75, 3.05) is 7.11 Å². The van der Waals surface area contributed by atoms with Gasteiger partial charge in [-0.25, -0.2) is 4.79 Å². The molecule has 1 aromatic rings. The van der Waals surface area contributed by atoms with Crippen molar-refractivity contribution in [1.29, 1.82) is 0 Å². The van der Waals surface area contributed by atoms with E-state index in [1.807, 2.05) is 0 Å². The first-order valence-corrected chi connectivity index (χ1v) is 7.45. The van der Waals surface area contributed by atoms with Crippen molar-refractivity contribution < 1.29 is 32.6 Å². The Morgan fingerprint density at radius 2 is 1.88 bits per heavy atom. The number of halogens is 3. The van der Waals surface area contributed by atoms with Crippen LogP contribution in [0.5, 0.6) is 0 Å². The van der Waals surface area contributed by atoms with Crippen molar-refractivity contribution in [3.8, 4) is 0 Å². The highest BCUT2D eigenvalue weighted by Crippen LogP contribution is 2.34. The predicted octanol–water partition coefficient (Wildman–Crippen LogP) is 2.20. The Morgan fingerprint density at radius 1 is 1.29 bits per heavy atom. The SMILES string of the molecule is COC(=O)[C@H](CC1CC1)NC(=O)[C@@H](O)c1ccc(C(F)(F)F)cc1. The molecule has 0 bridgehead atoms. The van der Waals surface area contributed by atoms with Crippen LogP contribution in [-0.4, -0.2) is 30.1 Å². The highest BCUT2D eigenvalue weighted by atomic mass is 19.4. The molecule has 1 amide bonds. The summed E-state index contributed by atoms with van der Waals surface area (Å²) in [5, 5.41) is 12.4. The van der Waals surface area contributed by atoms with E-state index in [0.717, 1.165) is 37.1 Å². The molecular weight excluding hydrogens is 327 g/mol. The van der Waals surface area contributed by atoms with Crippen LogP contribution in [-0.2, 0) is 20.5 Å². The van der Waals surface area contributed by atoms with Crippen LogP contribution in [0.15, 0.2) is 24.3 Å². The number of ether oxygens (including phenoxy) is 1. The van der Waals surface area contributed by atoms with Crippen LogP contribution in [0, 0.1) is 5.92 Å². The summed E-state index contributed by atoms with van der Waals surface area (Å²) in [7, 11) is 1.20. The zero-order chi connectivity index (χ0) is 17.9. The molecule has 2 N–H and O–H groups in total. The molecule has 8 heteroatoms. The number of benzene rings is 1. The van der Waals surface area contributed by atoms with Gasteiger partial charge >= 0.3 is 12.1 Å². The zero-order valence-corrected chi connectivity index (χ0v) is 13.0. The number of hydrogen-bond acceptors (Lipinski definition) is 4. The molecule has 0 unspecified atom stereocenters. The molecule has 0 spiro atoms. The van der Waals surface area contributed by atoms with Crippen molar-refractivity contribution in [3.63, 3.8) is 0 Å². The molecule has 5 nitrogen and oxygen atoms in total. The Balaban J connectivity index is 2.03. The van der Waals surface area contributed by atoms with E-state index < -0.39 is 35.8 Å². The summed E-state index contributed by atoms with van der Waals surface area (Å²) in [5.74, 6) is -1.14. The van der Waals surface area contributed by atoms with Crippen LogP contribution in [0.2, 0.25) is 0 Å². The molecule has 2 atom stereocenters. The van der Waals surface area contributed by atoms with Crippen LogP contribution in [0.3, 0.4) is 0 Å². The normalized spacial score (nSPS) is 17.0. The summed E-state index contributed by atoms with van der Waals surface area (Å²) in [6.07, 6.45) is -3.82. The Morgan fingerprint density at radius 3 is 2.33 bits per heavy atom. The molecule has 1 fully saturated rings. The van der Waals surface area contributed by atoms with Crippen LogP contribution in [0.1, 0.15) is 36.5 Å². The zero-order valence-electron chi connectivity index (χ0n) is 13.0. The molecule has 0 radical (unpaired) electrons. The molecule has 132 valence electrons. The number of alkyl halides is 3. The topological polar surface area (TPSA) is 75.6 Å². The smallest absolute Gasteiger partial charge is 0.416 e. The molecule has 1 saturated carbocycles. The maximum Gasteiger partial charge on any atom is 0.416 e. The first kappa shape index (κ1) is 18.3. The van der Waals surface area contributed by atoms with Gasteiger partial charge in [0.15, 0.2) is 6.10 Å². The number of methoxy groups -OCH3 is 1. The van der Waals surface area contributed by atoms with E-state index in [1.54, 1.807) is 0 Å². The fraction of sp³-hybridized carbons (Fsp3) is 0.500. The number of rotatable bonds is 6. The summed E-state index contributed by atoms with van der Waals surface area (Å²) in [6, 6.07) is 2.75. The van der Waals surface area contributed by atoms with Crippen LogP contribution < -0.4 is 5.32 Å². The molecule has 1 aromatic carbocycles. The standard InChI is InChI=1S/C16H18F3NO4/c1-24-15(23)12(8-9-2-3-9)20-14(22)13(21)10-4-6-11(7-5-10)16(17,18)19/h4-7,9,12-13,21H,2-3,8H2,1H3,(H,20,22)/t12-,13-/m0/s1. The third-order valence-electron chi connectivity index (χ3n) is 3.87. The van der Waals surface area contributed by atoms with E-state index in [9.17, 15) is 27.9 Å². The minimum Gasteiger partial charge on any atom is -0.467 e. The fourth-order valence-corrected chi connectivity index (χ4v) is 2.30. The van der Waals surface area contributed by atoms with E-state index in [-0.39, 0.29) is 5.56 Å². The van der Waals surface area contributed by atoms with Gasteiger partial charge in [0.2, 0.25) is 0 Å². The Kier molecular flexibility index (Phi) is 5.48. The lowest BCUT2D eigenvalue weighted by Gasteiger charge is -2.19. The summed E-state index contributed by atoms with van der Waals surface area (Å²) in [4.78, 5) is 23.7. The number of carbonyl (C=O) groups is 2. The molecule has 24 heavy (non-hydrogen) atoms. The van der Waals surface area contributed by atoms with E-state index >= 15 is 0 Å². The third kappa shape index (κ3) is 4.70. The molecule has 1 aliphatic rings. The summed E-state index contributed by atoms with van der Waals surface area (Å²) in [6.45, 7) is 0. The first-order valence-electron chi connectivity index (χ1n) is 7.45. The van der Waals surface area contributed by atoms with Crippen molar-refractivity contribution in [1.82, 2.24) is 5.32 Å². The van der Waals surface area contributed by atoms with E-state index in [2.05, 4.69) is 10.1 Å². The van der Waals surface area contributed by atoms with Gasteiger partial charge in [0.25, 0.3) is 5.91 Å². The van der Waals surface area contributed by atoms with Gasteiger partial charge in [0, 0.05) is 0 Å². The van der Waals surface area contributed by atoms with Crippen molar-refractivity contribution in [2.24, 2.45) is 5.92 Å². The molecule has 0 aromatic heterocycles. The summed E-state index contributed by atoms with van der Waals surface area (Å²) in [5.41, 5.74) is -0.865. The molecule has 2 rings (SSSR count). The van der Waals surface area contributed by atoms with Crippen LogP contribution in [0.25, 0.3) is 0 Å². The quantitative estimate of drug-likeness (QED) is 0.775. The maximum atomic E-state index is 12.5. The first-order chi connectivity index (χ1) is 11.2. The largest absolute Gasteiger partial charge is 0.467 e. The maximum absolute atomic E-state index is 12.5. The lowest BCUT2D eigenvalue weighted by Crippen LogP contribution is -2.44. The number of carbonyl (C=O) groups excluding carboxylic acids is 2.